The van der Waals surface area contributed by atoms with E-state index in [1.807, 2.05) is 18.2 Å². The molecule has 1 saturated heterocycles. The lowest BCUT2D eigenvalue weighted by molar-refractivity contribution is 0.396. The highest BCUT2D eigenvalue weighted by atomic mass is 79.9. The van der Waals surface area contributed by atoms with E-state index in [1.54, 1.807) is 28.8 Å². The van der Waals surface area contributed by atoms with Crippen LogP contribution in [0, 0.1) is 0 Å². The van der Waals surface area contributed by atoms with Crippen molar-refractivity contribution in [2.24, 2.45) is 0 Å². The van der Waals surface area contributed by atoms with Gasteiger partial charge in [-0.1, -0.05) is 22.0 Å². The highest BCUT2D eigenvalue weighted by Crippen LogP contribution is 2.38. The summed E-state index contributed by atoms with van der Waals surface area (Å²) in [5.41, 5.74) is 0.940. The van der Waals surface area contributed by atoms with E-state index in [2.05, 4.69) is 36.8 Å². The minimum atomic E-state index is -3.56. The van der Waals surface area contributed by atoms with Crippen molar-refractivity contribution in [2.75, 3.05) is 6.54 Å². The molecular weight excluding hydrogens is 432 g/mol. The number of aromatic nitrogens is 1. The Morgan fingerprint density at radius 2 is 2.05 bits per heavy atom. The van der Waals surface area contributed by atoms with Gasteiger partial charge in [0.05, 0.1) is 10.9 Å². The van der Waals surface area contributed by atoms with Crippen LogP contribution in [0.5, 0.6) is 0 Å². The maximum Gasteiger partial charge on any atom is 0.244 e. The first-order valence-electron chi connectivity index (χ1n) is 6.87. The van der Waals surface area contributed by atoms with E-state index in [1.165, 1.54) is 0 Å². The van der Waals surface area contributed by atoms with Crippen LogP contribution in [0.3, 0.4) is 0 Å². The second kappa shape index (κ2) is 6.39. The number of rotatable bonds is 3. The minimum Gasteiger partial charge on any atom is -0.264 e. The molecule has 0 spiro atoms. The summed E-state index contributed by atoms with van der Waals surface area (Å²) in [6.45, 7) is 0.529. The molecular formula is C15H14Br2N2O2S. The molecule has 2 heterocycles. The molecule has 1 aromatic carbocycles. The molecule has 116 valence electrons. The molecule has 1 aromatic heterocycles. The van der Waals surface area contributed by atoms with Crippen LogP contribution in [0.25, 0.3) is 0 Å². The lowest BCUT2D eigenvalue weighted by Gasteiger charge is -2.24. The molecule has 22 heavy (non-hydrogen) atoms. The summed E-state index contributed by atoms with van der Waals surface area (Å²) in [7, 11) is -3.56. The van der Waals surface area contributed by atoms with Gasteiger partial charge < -0.3 is 0 Å². The van der Waals surface area contributed by atoms with E-state index in [0.29, 0.717) is 11.0 Å². The Hall–Kier alpha value is -0.760. The summed E-state index contributed by atoms with van der Waals surface area (Å²) in [6.07, 6.45) is 5.11. The van der Waals surface area contributed by atoms with Gasteiger partial charge in [-0.15, -0.1) is 0 Å². The average molecular weight is 446 g/mol. The molecule has 1 aliphatic rings. The van der Waals surface area contributed by atoms with E-state index < -0.39 is 10.0 Å². The number of pyridine rings is 1. The quantitative estimate of drug-likeness (QED) is 0.713. The molecule has 0 radical (unpaired) electrons. The summed E-state index contributed by atoms with van der Waals surface area (Å²) in [4.78, 5) is 4.40. The molecule has 0 unspecified atom stereocenters. The van der Waals surface area contributed by atoms with Gasteiger partial charge in [0, 0.05) is 27.9 Å². The van der Waals surface area contributed by atoms with Gasteiger partial charge in [-0.2, -0.15) is 4.31 Å². The van der Waals surface area contributed by atoms with Gasteiger partial charge in [0.2, 0.25) is 10.0 Å². The number of sulfonamides is 1. The summed E-state index contributed by atoms with van der Waals surface area (Å²) in [5.74, 6) is 0. The Morgan fingerprint density at radius 1 is 1.23 bits per heavy atom. The molecule has 3 rings (SSSR count). The zero-order valence-corrected chi connectivity index (χ0v) is 15.6. The molecule has 2 aromatic rings. The van der Waals surface area contributed by atoms with Crippen molar-refractivity contribution in [1.82, 2.24) is 9.29 Å². The largest absolute Gasteiger partial charge is 0.264 e. The zero-order chi connectivity index (χ0) is 15.7. The number of nitrogens with zero attached hydrogens (tertiary/aromatic N) is 2. The van der Waals surface area contributed by atoms with Crippen LogP contribution >= 0.6 is 31.9 Å². The maximum absolute atomic E-state index is 13.0. The van der Waals surface area contributed by atoms with Crippen molar-refractivity contribution in [3.63, 3.8) is 0 Å². The monoisotopic (exact) mass is 444 g/mol. The topological polar surface area (TPSA) is 50.3 Å². The molecule has 0 saturated carbocycles. The first-order valence-corrected chi connectivity index (χ1v) is 9.89. The third kappa shape index (κ3) is 2.99. The Balaban J connectivity index is 2.03. The predicted molar refractivity (Wildman–Crippen MR) is 91.9 cm³/mol. The first kappa shape index (κ1) is 16.1. The number of halogens is 2. The van der Waals surface area contributed by atoms with Gasteiger partial charge in [-0.05, 0) is 58.6 Å². The smallest absolute Gasteiger partial charge is 0.244 e. The second-order valence-corrected chi connectivity index (χ2v) is 8.76. The van der Waals surface area contributed by atoms with Gasteiger partial charge >= 0.3 is 0 Å². The average Bonchev–Trinajstić information content (AvgIpc) is 3.01. The van der Waals surface area contributed by atoms with Crippen molar-refractivity contribution in [2.45, 2.75) is 23.8 Å². The molecule has 1 atom stereocenters. The third-order valence-corrected chi connectivity index (χ3v) is 7.15. The van der Waals surface area contributed by atoms with Crippen molar-refractivity contribution in [3.05, 3.63) is 57.2 Å². The molecule has 7 heteroatoms. The first-order chi connectivity index (χ1) is 10.5. The number of hydrogen-bond acceptors (Lipinski definition) is 3. The zero-order valence-electron chi connectivity index (χ0n) is 11.6. The van der Waals surface area contributed by atoms with E-state index in [4.69, 9.17) is 0 Å². The van der Waals surface area contributed by atoms with Gasteiger partial charge in [0.1, 0.15) is 0 Å². The van der Waals surface area contributed by atoms with E-state index in [0.717, 1.165) is 22.9 Å². The predicted octanol–water partition coefficient (Wildman–Crippen LogP) is 4.13. The van der Waals surface area contributed by atoms with Crippen molar-refractivity contribution >= 4 is 41.9 Å². The molecule has 4 nitrogen and oxygen atoms in total. The lowest BCUT2D eigenvalue weighted by Crippen LogP contribution is -2.31. The summed E-state index contributed by atoms with van der Waals surface area (Å²) < 4.78 is 29.0. The number of benzene rings is 1. The molecule has 0 aliphatic carbocycles. The van der Waals surface area contributed by atoms with Gasteiger partial charge in [-0.3, -0.25) is 4.98 Å². The summed E-state index contributed by atoms with van der Waals surface area (Å²) in [6, 6.07) is 8.81. The molecule has 1 aliphatic heterocycles. The summed E-state index contributed by atoms with van der Waals surface area (Å²) in [5, 5.41) is 0. The van der Waals surface area contributed by atoms with Gasteiger partial charge in [-0.25, -0.2) is 8.42 Å². The lowest BCUT2D eigenvalue weighted by atomic mass is 10.1. The second-order valence-electron chi connectivity index (χ2n) is 5.13. The van der Waals surface area contributed by atoms with E-state index in [-0.39, 0.29) is 10.9 Å². The van der Waals surface area contributed by atoms with Crippen LogP contribution in [0.1, 0.15) is 24.4 Å². The molecule has 0 amide bonds. The highest BCUT2D eigenvalue weighted by Gasteiger charge is 2.37. The van der Waals surface area contributed by atoms with Crippen LogP contribution in [-0.4, -0.2) is 24.3 Å². The fourth-order valence-corrected chi connectivity index (χ4v) is 5.88. The Morgan fingerprint density at radius 3 is 2.77 bits per heavy atom. The maximum atomic E-state index is 13.0. The third-order valence-electron chi connectivity index (χ3n) is 3.75. The fraction of sp³-hybridized carbons (Fsp3) is 0.267. The van der Waals surface area contributed by atoms with E-state index >= 15 is 0 Å². The SMILES string of the molecule is O=S(=O)(c1cc(Br)ccc1Br)N1CCC[C@H]1c1cccnc1. The van der Waals surface area contributed by atoms with Crippen molar-refractivity contribution in [3.8, 4) is 0 Å². The Kier molecular flexibility index (Phi) is 4.68. The Bertz CT molecular complexity index is 781. The van der Waals surface area contributed by atoms with Crippen molar-refractivity contribution in [1.29, 1.82) is 0 Å². The normalized spacial score (nSPS) is 19.5. The minimum absolute atomic E-state index is 0.149. The van der Waals surface area contributed by atoms with Crippen LogP contribution in [0.4, 0.5) is 0 Å². The highest BCUT2D eigenvalue weighted by molar-refractivity contribution is 9.11. The van der Waals surface area contributed by atoms with Crippen LogP contribution in [0.15, 0.2) is 56.6 Å². The molecule has 0 bridgehead atoms. The van der Waals surface area contributed by atoms with E-state index in [9.17, 15) is 8.42 Å². The molecule has 0 N–H and O–H groups in total. The fourth-order valence-electron chi connectivity index (χ4n) is 2.74. The summed E-state index contributed by atoms with van der Waals surface area (Å²) >= 11 is 6.69. The van der Waals surface area contributed by atoms with Crippen LogP contribution < -0.4 is 0 Å². The molecule has 1 fully saturated rings. The Labute approximate surface area is 146 Å². The van der Waals surface area contributed by atoms with Crippen LogP contribution in [-0.2, 0) is 10.0 Å². The van der Waals surface area contributed by atoms with Gasteiger partial charge in [0.25, 0.3) is 0 Å². The number of hydrogen-bond donors (Lipinski definition) is 0. The van der Waals surface area contributed by atoms with Gasteiger partial charge in [0.15, 0.2) is 0 Å². The van der Waals surface area contributed by atoms with Crippen LogP contribution in [0.2, 0.25) is 0 Å². The standard InChI is InChI=1S/C15H14Br2N2O2S/c16-12-5-6-13(17)15(9-12)22(20,21)19-8-2-4-14(19)11-3-1-7-18-10-11/h1,3,5-7,9-10,14H,2,4,8H2/t14-/m0/s1. The van der Waals surface area contributed by atoms with Crippen molar-refractivity contribution < 1.29 is 8.42 Å².